The fourth-order valence-electron chi connectivity index (χ4n) is 2.13. The summed E-state index contributed by atoms with van der Waals surface area (Å²) in [6, 6.07) is 4.14. The highest BCUT2D eigenvalue weighted by molar-refractivity contribution is 5.49. The minimum atomic E-state index is 0.390. The van der Waals surface area contributed by atoms with Crippen LogP contribution in [0, 0.1) is 5.92 Å². The smallest absolute Gasteiger partial charge is 0.0739 e. The third kappa shape index (κ3) is 20.6. The Morgan fingerprint density at radius 2 is 1.79 bits per heavy atom. The number of allylic oxidation sites excluding steroid dienone is 4. The Balaban J connectivity index is 0. The Kier molecular flexibility index (Phi) is 24.4. The van der Waals surface area contributed by atoms with Crippen LogP contribution in [0.2, 0.25) is 0 Å². The van der Waals surface area contributed by atoms with Crippen LogP contribution in [0.1, 0.15) is 79.3 Å². The minimum absolute atomic E-state index is 0.390. The van der Waals surface area contributed by atoms with Crippen LogP contribution in [-0.4, -0.2) is 18.1 Å². The molecular weight excluding hydrogens is 358 g/mol. The number of nitrogens with two attached hydrogens (primary N) is 1. The van der Waals surface area contributed by atoms with Gasteiger partial charge in [-0.25, -0.2) is 5.90 Å². The van der Waals surface area contributed by atoms with Crippen molar-refractivity contribution in [3.8, 4) is 0 Å². The first-order chi connectivity index (χ1) is 14.2. The van der Waals surface area contributed by atoms with E-state index in [0.29, 0.717) is 12.5 Å². The van der Waals surface area contributed by atoms with Crippen LogP contribution in [0.5, 0.6) is 0 Å². The number of anilines is 1. The number of nitrogens with one attached hydrogen (secondary N) is 1. The van der Waals surface area contributed by atoms with Gasteiger partial charge in [-0.3, -0.25) is 4.98 Å². The molecule has 0 saturated heterocycles. The van der Waals surface area contributed by atoms with E-state index in [4.69, 9.17) is 5.90 Å². The minimum Gasteiger partial charge on any atom is -0.384 e. The average Bonchev–Trinajstić information content (AvgIpc) is 2.76. The summed E-state index contributed by atoms with van der Waals surface area (Å²) in [5.74, 6) is 5.30. The van der Waals surface area contributed by atoms with Crippen LogP contribution in [0.25, 0.3) is 6.08 Å². The summed E-state index contributed by atoms with van der Waals surface area (Å²) in [5, 5.41) is 3.38. The maximum absolute atomic E-state index is 4.91. The maximum Gasteiger partial charge on any atom is 0.0739 e. The number of unbranched alkanes of at least 4 members (excludes halogenated alkanes) is 2. The molecule has 0 fully saturated rings. The molecule has 1 unspecified atom stereocenters. The van der Waals surface area contributed by atoms with Gasteiger partial charge in [0.05, 0.1) is 24.2 Å². The molecule has 0 amide bonds. The van der Waals surface area contributed by atoms with Crippen LogP contribution in [0.4, 0.5) is 5.69 Å². The third-order valence-corrected chi connectivity index (χ3v) is 3.70. The van der Waals surface area contributed by atoms with Crippen molar-refractivity contribution in [1.82, 2.24) is 4.98 Å². The summed E-state index contributed by atoms with van der Waals surface area (Å²) in [6.45, 7) is 14.1. The molecule has 1 atom stereocenters. The van der Waals surface area contributed by atoms with E-state index >= 15 is 0 Å². The van der Waals surface area contributed by atoms with E-state index in [1.54, 1.807) is 0 Å². The van der Waals surface area contributed by atoms with Crippen LogP contribution >= 0.6 is 0 Å². The van der Waals surface area contributed by atoms with E-state index < -0.39 is 0 Å². The van der Waals surface area contributed by atoms with Gasteiger partial charge in [-0.15, -0.1) is 0 Å². The molecule has 1 heterocycles. The lowest BCUT2D eigenvalue weighted by molar-refractivity contribution is 0.120. The van der Waals surface area contributed by atoms with Gasteiger partial charge in [-0.05, 0) is 43.4 Å². The fourth-order valence-corrected chi connectivity index (χ4v) is 2.13. The van der Waals surface area contributed by atoms with Gasteiger partial charge in [0.2, 0.25) is 0 Å². The Morgan fingerprint density at radius 3 is 2.34 bits per heavy atom. The molecule has 0 aromatic carbocycles. The summed E-state index contributed by atoms with van der Waals surface area (Å²) in [4.78, 5) is 8.85. The van der Waals surface area contributed by atoms with Crippen LogP contribution in [-0.2, 0) is 4.84 Å². The van der Waals surface area contributed by atoms with Crippen molar-refractivity contribution in [1.29, 1.82) is 0 Å². The molecule has 0 aliphatic rings. The van der Waals surface area contributed by atoms with E-state index in [-0.39, 0.29) is 0 Å². The molecule has 0 saturated carbocycles. The van der Waals surface area contributed by atoms with E-state index in [2.05, 4.69) is 73.2 Å². The second kappa shape index (κ2) is 24.1. The number of pyridine rings is 1. The van der Waals surface area contributed by atoms with Crippen molar-refractivity contribution >= 4 is 11.8 Å². The Bertz CT molecular complexity index is 521. The van der Waals surface area contributed by atoms with Crippen molar-refractivity contribution in [2.24, 2.45) is 11.8 Å². The van der Waals surface area contributed by atoms with Gasteiger partial charge in [0.1, 0.15) is 0 Å². The monoisotopic (exact) mass is 403 g/mol. The van der Waals surface area contributed by atoms with Gasteiger partial charge in [-0.1, -0.05) is 84.8 Å². The highest BCUT2D eigenvalue weighted by Crippen LogP contribution is 2.08. The first kappa shape index (κ1) is 29.3. The molecule has 1 aromatic rings. The first-order valence-electron chi connectivity index (χ1n) is 11.2. The number of hydrogen-bond donors (Lipinski definition) is 2. The largest absolute Gasteiger partial charge is 0.384 e. The lowest BCUT2D eigenvalue weighted by Crippen LogP contribution is -2.07. The number of nitrogens with zero attached hydrogens (tertiary/aromatic N) is 1. The zero-order valence-electron chi connectivity index (χ0n) is 19.7. The van der Waals surface area contributed by atoms with Gasteiger partial charge in [0.25, 0.3) is 0 Å². The molecular formula is C25H45N3O. The topological polar surface area (TPSA) is 60.2 Å². The molecule has 4 nitrogen and oxygen atoms in total. The van der Waals surface area contributed by atoms with E-state index in [0.717, 1.165) is 30.8 Å². The molecule has 0 aliphatic heterocycles. The molecule has 1 aromatic heterocycles. The highest BCUT2D eigenvalue weighted by atomic mass is 16.6. The summed E-state index contributed by atoms with van der Waals surface area (Å²) in [6.07, 6.45) is 20.2. The summed E-state index contributed by atoms with van der Waals surface area (Å²) < 4.78 is 0. The SMILES string of the molecule is CC.CC/C=C\C=C/C(C)CON.CCC=Cc1ccc(NCCCCC)cn1. The van der Waals surface area contributed by atoms with Crippen molar-refractivity contribution in [2.75, 3.05) is 18.5 Å². The predicted molar refractivity (Wildman–Crippen MR) is 131 cm³/mol. The van der Waals surface area contributed by atoms with E-state index in [1.807, 2.05) is 38.3 Å². The molecule has 3 N–H and O–H groups in total. The van der Waals surface area contributed by atoms with Gasteiger partial charge in [-0.2, -0.15) is 0 Å². The number of hydrogen-bond acceptors (Lipinski definition) is 4. The predicted octanol–water partition coefficient (Wildman–Crippen LogP) is 7.17. The molecule has 0 aliphatic carbocycles. The standard InChI is InChI=1S/C14H22N2.C9H17NO.C2H6/c1-3-5-7-11-15-14-10-9-13(16-12-14)8-6-4-2;1-3-4-5-6-7-9(2)8-11-10;1-2/h6,8-10,12,15H,3-5,7,11H2,1-2H3;4-7,9H,3,8,10H2,1-2H3;1-2H3/b;5-4-,7-6-;. The highest BCUT2D eigenvalue weighted by Gasteiger charge is 1.93. The Morgan fingerprint density at radius 1 is 1.07 bits per heavy atom. The molecule has 4 heteroatoms. The van der Waals surface area contributed by atoms with Gasteiger partial charge in [0.15, 0.2) is 0 Å². The van der Waals surface area contributed by atoms with E-state index in [9.17, 15) is 0 Å². The van der Waals surface area contributed by atoms with Crippen LogP contribution in [0.15, 0.2) is 48.7 Å². The lowest BCUT2D eigenvalue weighted by atomic mass is 10.2. The molecule has 0 bridgehead atoms. The summed E-state index contributed by atoms with van der Waals surface area (Å²) >= 11 is 0. The molecule has 0 radical (unpaired) electrons. The van der Waals surface area contributed by atoms with Crippen molar-refractivity contribution in [3.05, 3.63) is 54.4 Å². The van der Waals surface area contributed by atoms with Crippen molar-refractivity contribution in [2.45, 2.75) is 73.6 Å². The first-order valence-corrected chi connectivity index (χ1v) is 11.2. The number of rotatable bonds is 12. The van der Waals surface area contributed by atoms with Gasteiger partial charge >= 0.3 is 0 Å². The lowest BCUT2D eigenvalue weighted by Gasteiger charge is -2.05. The Labute approximate surface area is 180 Å². The zero-order valence-corrected chi connectivity index (χ0v) is 19.7. The van der Waals surface area contributed by atoms with E-state index in [1.165, 1.54) is 19.3 Å². The summed E-state index contributed by atoms with van der Waals surface area (Å²) in [5.41, 5.74) is 2.14. The molecule has 166 valence electrons. The van der Waals surface area contributed by atoms with Gasteiger partial charge < -0.3 is 10.2 Å². The van der Waals surface area contributed by atoms with Crippen LogP contribution < -0.4 is 11.2 Å². The second-order valence-corrected chi connectivity index (χ2v) is 6.45. The Hall–Kier alpha value is -1.91. The molecule has 1 rings (SSSR count). The average molecular weight is 404 g/mol. The molecule has 0 spiro atoms. The second-order valence-electron chi connectivity index (χ2n) is 6.45. The normalized spacial score (nSPS) is 11.8. The maximum atomic E-state index is 4.91. The van der Waals surface area contributed by atoms with Crippen molar-refractivity contribution in [3.63, 3.8) is 0 Å². The van der Waals surface area contributed by atoms with Crippen LogP contribution in [0.3, 0.4) is 0 Å². The molecule has 29 heavy (non-hydrogen) atoms. The zero-order chi connectivity index (χ0) is 22.2. The fraction of sp³-hybridized carbons (Fsp3) is 0.560. The van der Waals surface area contributed by atoms with Crippen molar-refractivity contribution < 1.29 is 4.84 Å². The van der Waals surface area contributed by atoms with Gasteiger partial charge in [0, 0.05) is 6.54 Å². The summed E-state index contributed by atoms with van der Waals surface area (Å²) in [7, 11) is 0. The quantitative estimate of drug-likeness (QED) is 0.221. The third-order valence-electron chi connectivity index (χ3n) is 3.70. The number of aromatic nitrogens is 1.